The lowest BCUT2D eigenvalue weighted by atomic mass is 10.0. The monoisotopic (exact) mass is 361 g/mol. The Labute approximate surface area is 146 Å². The second kappa shape index (κ2) is 6.72. The summed E-state index contributed by atoms with van der Waals surface area (Å²) in [6.07, 6.45) is 3.51. The topological polar surface area (TPSA) is 92.0 Å². The molecule has 0 saturated carbocycles. The van der Waals surface area contributed by atoms with Crippen molar-refractivity contribution in [2.45, 2.75) is 25.8 Å². The first-order valence-corrected chi connectivity index (χ1v) is 9.77. The van der Waals surface area contributed by atoms with E-state index in [1.165, 1.54) is 5.01 Å². The Balaban J connectivity index is 1.92. The second-order valence-corrected chi connectivity index (χ2v) is 7.58. The van der Waals surface area contributed by atoms with Gasteiger partial charge in [-0.25, -0.2) is 13.4 Å². The summed E-state index contributed by atoms with van der Waals surface area (Å²) in [5.74, 6) is 0.577. The van der Waals surface area contributed by atoms with Gasteiger partial charge in [0.15, 0.2) is 0 Å². The van der Waals surface area contributed by atoms with Crippen LogP contribution in [-0.4, -0.2) is 31.3 Å². The number of amides is 1. The van der Waals surface area contributed by atoms with Gasteiger partial charge in [0.25, 0.3) is 0 Å². The molecule has 1 amide bonds. The van der Waals surface area contributed by atoms with E-state index in [1.807, 2.05) is 12.1 Å². The average molecular weight is 361 g/mol. The zero-order valence-electron chi connectivity index (χ0n) is 14.0. The van der Waals surface area contributed by atoms with Gasteiger partial charge in [-0.15, -0.1) is 0 Å². The molecule has 1 N–H and O–H groups in total. The Morgan fingerprint density at radius 2 is 2.16 bits per heavy atom. The molecule has 2 heterocycles. The molecule has 1 aliphatic rings. The van der Waals surface area contributed by atoms with Crippen molar-refractivity contribution in [3.63, 3.8) is 0 Å². The predicted molar refractivity (Wildman–Crippen MR) is 94.6 cm³/mol. The lowest BCUT2D eigenvalue weighted by molar-refractivity contribution is -0.133. The second-order valence-electron chi connectivity index (χ2n) is 5.83. The molecule has 1 aromatic heterocycles. The van der Waals surface area contributed by atoms with Crippen LogP contribution in [0, 0.1) is 0 Å². The van der Waals surface area contributed by atoms with E-state index in [4.69, 9.17) is 4.42 Å². The molecule has 0 aliphatic carbocycles. The molecule has 1 aliphatic heterocycles. The van der Waals surface area contributed by atoms with Crippen LogP contribution in [0.5, 0.6) is 0 Å². The van der Waals surface area contributed by atoms with E-state index in [0.29, 0.717) is 30.0 Å². The first-order chi connectivity index (χ1) is 11.9. The van der Waals surface area contributed by atoms with E-state index in [-0.39, 0.29) is 11.9 Å². The van der Waals surface area contributed by atoms with E-state index in [1.54, 1.807) is 37.5 Å². The average Bonchev–Trinajstić information content (AvgIpc) is 3.22. The summed E-state index contributed by atoms with van der Waals surface area (Å²) in [5, 5.41) is 5.92. The van der Waals surface area contributed by atoms with E-state index < -0.39 is 10.0 Å². The van der Waals surface area contributed by atoms with Crippen molar-refractivity contribution in [3.05, 3.63) is 54.0 Å². The number of nitrogens with zero attached hydrogens (tertiary/aromatic N) is 2. The number of furan rings is 1. The minimum Gasteiger partial charge on any atom is -0.467 e. The standard InChI is InChI=1S/C17H19N3O4S/c1-3-17(21)20-15(16-8-5-9-24-16)11-14(18-20)12-6-4-7-13(10-12)19-25(2,22)23/h4-10,15,19H,3,11H2,1-2H3/t15-/m1/s1. The van der Waals surface area contributed by atoms with Crippen molar-refractivity contribution in [1.29, 1.82) is 0 Å². The molecule has 2 aromatic rings. The van der Waals surface area contributed by atoms with Crippen molar-refractivity contribution >= 4 is 27.3 Å². The SMILES string of the molecule is CCC(=O)N1N=C(c2cccc(NS(C)(=O)=O)c2)C[C@@H]1c1ccco1. The van der Waals surface area contributed by atoms with Crippen molar-refractivity contribution in [1.82, 2.24) is 5.01 Å². The first kappa shape index (κ1) is 17.2. The Kier molecular flexibility index (Phi) is 4.63. The number of carbonyl (C=O) groups is 1. The predicted octanol–water partition coefficient (Wildman–Crippen LogP) is 2.74. The van der Waals surface area contributed by atoms with Crippen LogP contribution in [0.2, 0.25) is 0 Å². The number of benzene rings is 1. The minimum atomic E-state index is -3.36. The molecule has 132 valence electrons. The number of hydrazone groups is 1. The first-order valence-electron chi connectivity index (χ1n) is 7.88. The fourth-order valence-electron chi connectivity index (χ4n) is 2.76. The molecule has 0 unspecified atom stereocenters. The largest absolute Gasteiger partial charge is 0.467 e. The molecular formula is C17H19N3O4S. The van der Waals surface area contributed by atoms with Crippen LogP contribution in [0.1, 0.15) is 37.1 Å². The molecule has 0 bridgehead atoms. The van der Waals surface area contributed by atoms with E-state index in [9.17, 15) is 13.2 Å². The summed E-state index contributed by atoms with van der Waals surface area (Å²) in [4.78, 5) is 12.2. The fraction of sp³-hybridized carbons (Fsp3) is 0.294. The number of hydrogen-bond acceptors (Lipinski definition) is 5. The number of carbonyl (C=O) groups excluding carboxylic acids is 1. The van der Waals surface area contributed by atoms with Gasteiger partial charge in [-0.1, -0.05) is 19.1 Å². The quantitative estimate of drug-likeness (QED) is 0.886. The maximum absolute atomic E-state index is 12.2. The third-order valence-corrected chi connectivity index (χ3v) is 4.45. The minimum absolute atomic E-state index is 0.0955. The van der Waals surface area contributed by atoms with Crippen LogP contribution in [0.4, 0.5) is 5.69 Å². The molecule has 0 fully saturated rings. The van der Waals surface area contributed by atoms with Gasteiger partial charge in [-0.3, -0.25) is 9.52 Å². The third kappa shape index (κ3) is 3.90. The lowest BCUT2D eigenvalue weighted by Gasteiger charge is -2.18. The number of rotatable bonds is 5. The zero-order chi connectivity index (χ0) is 18.0. The molecule has 0 radical (unpaired) electrons. The summed E-state index contributed by atoms with van der Waals surface area (Å²) in [7, 11) is -3.36. The lowest BCUT2D eigenvalue weighted by Crippen LogP contribution is -2.25. The van der Waals surface area contributed by atoms with Crippen molar-refractivity contribution in [2.24, 2.45) is 5.10 Å². The van der Waals surface area contributed by atoms with Crippen LogP contribution in [0.15, 0.2) is 52.2 Å². The van der Waals surface area contributed by atoms with Gasteiger partial charge in [-0.05, 0) is 29.8 Å². The van der Waals surface area contributed by atoms with Gasteiger partial charge < -0.3 is 4.42 Å². The molecule has 1 aromatic carbocycles. The van der Waals surface area contributed by atoms with Gasteiger partial charge >= 0.3 is 0 Å². The number of sulfonamides is 1. The molecule has 0 spiro atoms. The van der Waals surface area contributed by atoms with Gasteiger partial charge in [0.1, 0.15) is 11.8 Å². The Hall–Kier alpha value is -2.61. The van der Waals surface area contributed by atoms with Crippen LogP contribution >= 0.6 is 0 Å². The molecule has 25 heavy (non-hydrogen) atoms. The maximum atomic E-state index is 12.2. The Bertz CT molecular complexity index is 904. The summed E-state index contributed by atoms with van der Waals surface area (Å²) >= 11 is 0. The Morgan fingerprint density at radius 1 is 1.36 bits per heavy atom. The smallest absolute Gasteiger partial charge is 0.243 e. The van der Waals surface area contributed by atoms with Gasteiger partial charge in [0, 0.05) is 18.5 Å². The van der Waals surface area contributed by atoms with E-state index in [2.05, 4.69) is 9.82 Å². The van der Waals surface area contributed by atoms with Crippen LogP contribution < -0.4 is 4.72 Å². The molecule has 3 rings (SSSR count). The van der Waals surface area contributed by atoms with Crippen LogP contribution in [0.25, 0.3) is 0 Å². The normalized spacial score (nSPS) is 17.4. The van der Waals surface area contributed by atoms with Gasteiger partial charge in [-0.2, -0.15) is 5.10 Å². The van der Waals surface area contributed by atoms with E-state index >= 15 is 0 Å². The molecule has 7 nitrogen and oxygen atoms in total. The summed E-state index contributed by atoms with van der Waals surface area (Å²) in [5.41, 5.74) is 1.93. The number of anilines is 1. The fourth-order valence-corrected chi connectivity index (χ4v) is 3.31. The zero-order valence-corrected chi connectivity index (χ0v) is 14.8. The highest BCUT2D eigenvalue weighted by molar-refractivity contribution is 7.92. The van der Waals surface area contributed by atoms with Gasteiger partial charge in [0.2, 0.25) is 15.9 Å². The number of nitrogens with one attached hydrogen (secondary N) is 1. The summed E-state index contributed by atoms with van der Waals surface area (Å²) in [6, 6.07) is 10.3. The highest BCUT2D eigenvalue weighted by Crippen LogP contribution is 2.33. The van der Waals surface area contributed by atoms with Crippen LogP contribution in [-0.2, 0) is 14.8 Å². The van der Waals surface area contributed by atoms with Crippen molar-refractivity contribution in [3.8, 4) is 0 Å². The number of hydrogen-bond donors (Lipinski definition) is 1. The molecule has 0 saturated heterocycles. The third-order valence-electron chi connectivity index (χ3n) is 3.84. The Morgan fingerprint density at radius 3 is 2.80 bits per heavy atom. The highest BCUT2D eigenvalue weighted by Gasteiger charge is 2.34. The van der Waals surface area contributed by atoms with Crippen molar-refractivity contribution in [2.75, 3.05) is 11.0 Å². The van der Waals surface area contributed by atoms with Gasteiger partial charge in [0.05, 0.1) is 18.2 Å². The molecular weight excluding hydrogens is 342 g/mol. The maximum Gasteiger partial charge on any atom is 0.243 e. The van der Waals surface area contributed by atoms with Crippen LogP contribution in [0.3, 0.4) is 0 Å². The van der Waals surface area contributed by atoms with E-state index in [0.717, 1.165) is 11.8 Å². The molecule has 1 atom stereocenters. The van der Waals surface area contributed by atoms with Crippen molar-refractivity contribution < 1.29 is 17.6 Å². The highest BCUT2D eigenvalue weighted by atomic mass is 32.2. The molecule has 8 heteroatoms. The summed E-state index contributed by atoms with van der Waals surface area (Å²) in [6.45, 7) is 1.78. The summed E-state index contributed by atoms with van der Waals surface area (Å²) < 4.78 is 30.7.